The molecule has 1 saturated heterocycles. The van der Waals surface area contributed by atoms with Crippen molar-refractivity contribution in [1.82, 2.24) is 0 Å². The van der Waals surface area contributed by atoms with Gasteiger partial charge in [-0.1, -0.05) is 13.8 Å². The van der Waals surface area contributed by atoms with E-state index in [1.54, 1.807) is 23.1 Å². The van der Waals surface area contributed by atoms with Crippen LogP contribution >= 0.6 is 34.9 Å². The van der Waals surface area contributed by atoms with Crippen LogP contribution in [0.2, 0.25) is 0 Å². The van der Waals surface area contributed by atoms with Gasteiger partial charge in [0.25, 0.3) is 0 Å². The Morgan fingerprint density at radius 1 is 1.37 bits per heavy atom. The predicted octanol–water partition coefficient (Wildman–Crippen LogP) is 3.44. The van der Waals surface area contributed by atoms with Gasteiger partial charge >= 0.3 is 0 Å². The third-order valence-electron chi connectivity index (χ3n) is 3.13. The van der Waals surface area contributed by atoms with Gasteiger partial charge in [-0.15, -0.1) is 23.1 Å². The maximum Gasteiger partial charge on any atom is 0.177 e. The van der Waals surface area contributed by atoms with Crippen LogP contribution in [0.1, 0.15) is 23.5 Å². The number of hydrogen-bond donors (Lipinski definition) is 1. The van der Waals surface area contributed by atoms with Gasteiger partial charge in [0.05, 0.1) is 15.5 Å². The highest BCUT2D eigenvalue weighted by atomic mass is 32.2. The van der Waals surface area contributed by atoms with E-state index >= 15 is 0 Å². The summed E-state index contributed by atoms with van der Waals surface area (Å²) in [5.41, 5.74) is 6.88. The summed E-state index contributed by atoms with van der Waals surface area (Å²) < 4.78 is 0. The molecule has 2 rings (SSSR count). The minimum absolute atomic E-state index is 0.000387. The average Bonchev–Trinajstić information content (AvgIpc) is 2.75. The number of Topliss-reactive ketones (excluding diaryl/α,β-unsaturated/α-hetero) is 1. The number of ketones is 1. The molecular weight excluding hydrogens is 296 g/mol. The van der Waals surface area contributed by atoms with E-state index in [0.717, 1.165) is 34.4 Å². The lowest BCUT2D eigenvalue weighted by molar-refractivity contribution is 0.0944. The Morgan fingerprint density at radius 2 is 2.00 bits per heavy atom. The number of thiophene rings is 1. The first-order chi connectivity index (χ1) is 9.06. The predicted molar refractivity (Wildman–Crippen MR) is 89.2 cm³/mol. The van der Waals surface area contributed by atoms with Crippen LogP contribution < -0.4 is 10.6 Å². The van der Waals surface area contributed by atoms with Crippen molar-refractivity contribution in [3.8, 4) is 0 Å². The molecule has 1 aliphatic heterocycles. The maximum absolute atomic E-state index is 12.2. The zero-order valence-electron chi connectivity index (χ0n) is 11.6. The number of nitrogens with zero attached hydrogens (tertiary/aromatic N) is 1. The lowest BCUT2D eigenvalue weighted by atomic mass is 10.1. The Labute approximate surface area is 127 Å². The minimum Gasteiger partial charge on any atom is -0.396 e. The molecule has 0 saturated carbocycles. The molecule has 0 spiro atoms. The lowest BCUT2D eigenvalue weighted by Crippen LogP contribution is -2.32. The Morgan fingerprint density at radius 3 is 2.53 bits per heavy atom. The normalized spacial score (nSPS) is 16.1. The number of nitrogens with two attached hydrogens (primary N) is 1. The summed E-state index contributed by atoms with van der Waals surface area (Å²) in [6.07, 6.45) is 2.03. The number of nitrogen functional groups attached to an aromatic ring is 1. The van der Waals surface area contributed by atoms with E-state index in [0.29, 0.717) is 5.69 Å². The second-order valence-corrected chi connectivity index (χ2v) is 7.84. The van der Waals surface area contributed by atoms with E-state index in [1.807, 2.05) is 31.9 Å². The largest absolute Gasteiger partial charge is 0.396 e. The summed E-state index contributed by atoms with van der Waals surface area (Å²) >= 11 is 5.21. The third-order valence-corrected chi connectivity index (χ3v) is 6.31. The lowest BCUT2D eigenvalue weighted by Gasteiger charge is -2.27. The Kier molecular flexibility index (Phi) is 5.09. The number of thioether (sulfide) groups is 2. The van der Waals surface area contributed by atoms with E-state index in [1.165, 1.54) is 5.00 Å². The molecule has 106 valence electrons. The summed E-state index contributed by atoms with van der Waals surface area (Å²) in [4.78, 5) is 16.4. The van der Waals surface area contributed by atoms with Crippen LogP contribution in [0.3, 0.4) is 0 Å². The molecule has 2 N–H and O–H groups in total. The standard InChI is InChI=1S/C13H20N2OS3/c1-8(2)10(16)11-9(14)12(17-3)13(19-11)15-4-6-18-7-5-15/h8H,4-7,14H2,1-3H3. The smallest absolute Gasteiger partial charge is 0.177 e. The SMILES string of the molecule is CSc1c(N2CCSCC2)sc(C(=O)C(C)C)c1N. The third kappa shape index (κ3) is 3.06. The summed E-state index contributed by atoms with van der Waals surface area (Å²) in [5, 5.41) is 1.19. The van der Waals surface area contributed by atoms with E-state index < -0.39 is 0 Å². The fourth-order valence-corrected chi connectivity index (χ4v) is 5.26. The number of anilines is 2. The van der Waals surface area contributed by atoms with Gasteiger partial charge < -0.3 is 10.6 Å². The number of rotatable bonds is 4. The highest BCUT2D eigenvalue weighted by Crippen LogP contribution is 2.45. The van der Waals surface area contributed by atoms with Crippen LogP contribution in [-0.2, 0) is 0 Å². The van der Waals surface area contributed by atoms with Crippen LogP contribution in [0.5, 0.6) is 0 Å². The van der Waals surface area contributed by atoms with Crippen molar-refractivity contribution in [1.29, 1.82) is 0 Å². The molecule has 0 atom stereocenters. The van der Waals surface area contributed by atoms with Gasteiger partial charge in [-0.25, -0.2) is 0 Å². The van der Waals surface area contributed by atoms with Gasteiger partial charge in [0.1, 0.15) is 5.00 Å². The summed E-state index contributed by atoms with van der Waals surface area (Å²) in [7, 11) is 0. The first-order valence-electron chi connectivity index (χ1n) is 6.39. The fourth-order valence-electron chi connectivity index (χ4n) is 2.03. The highest BCUT2D eigenvalue weighted by molar-refractivity contribution is 7.99. The summed E-state index contributed by atoms with van der Waals surface area (Å²) in [6.45, 7) is 5.95. The molecule has 1 fully saturated rings. The fraction of sp³-hybridized carbons (Fsp3) is 0.615. The van der Waals surface area contributed by atoms with Gasteiger partial charge in [-0.05, 0) is 6.26 Å². The Hall–Kier alpha value is -0.330. The molecule has 0 unspecified atom stereocenters. The minimum atomic E-state index is 0.000387. The molecule has 0 aliphatic carbocycles. The van der Waals surface area contributed by atoms with Crippen molar-refractivity contribution in [3.63, 3.8) is 0 Å². The average molecular weight is 317 g/mol. The molecule has 6 heteroatoms. The quantitative estimate of drug-likeness (QED) is 0.681. The van der Waals surface area contributed by atoms with E-state index in [-0.39, 0.29) is 11.7 Å². The molecule has 0 amide bonds. The Bertz CT molecular complexity index is 465. The zero-order valence-corrected chi connectivity index (χ0v) is 14.0. The topological polar surface area (TPSA) is 46.3 Å². The van der Waals surface area contributed by atoms with Crippen LogP contribution in [0, 0.1) is 5.92 Å². The number of carbonyl (C=O) groups excluding carboxylic acids is 1. The second kappa shape index (κ2) is 6.41. The maximum atomic E-state index is 12.2. The monoisotopic (exact) mass is 316 g/mol. The van der Waals surface area contributed by atoms with Crippen molar-refractivity contribution in [2.24, 2.45) is 5.92 Å². The molecule has 3 nitrogen and oxygen atoms in total. The molecule has 0 radical (unpaired) electrons. The molecule has 0 bridgehead atoms. The Balaban J connectivity index is 2.37. The molecule has 1 aliphatic rings. The van der Waals surface area contributed by atoms with Gasteiger partial charge in [-0.3, -0.25) is 4.79 Å². The van der Waals surface area contributed by atoms with Crippen molar-refractivity contribution < 1.29 is 4.79 Å². The van der Waals surface area contributed by atoms with Crippen molar-refractivity contribution in [3.05, 3.63) is 4.88 Å². The van der Waals surface area contributed by atoms with Crippen molar-refractivity contribution in [2.75, 3.05) is 41.5 Å². The highest BCUT2D eigenvalue weighted by Gasteiger charge is 2.25. The first kappa shape index (κ1) is 15.1. The van der Waals surface area contributed by atoms with Crippen LogP contribution in [-0.4, -0.2) is 36.6 Å². The molecular formula is C13H20N2OS3. The molecule has 0 aromatic carbocycles. The molecule has 1 aromatic rings. The van der Waals surface area contributed by atoms with Crippen LogP contribution in [0.25, 0.3) is 0 Å². The van der Waals surface area contributed by atoms with Crippen molar-refractivity contribution in [2.45, 2.75) is 18.7 Å². The van der Waals surface area contributed by atoms with E-state index in [2.05, 4.69) is 4.90 Å². The first-order valence-corrected chi connectivity index (χ1v) is 9.59. The summed E-state index contributed by atoms with van der Waals surface area (Å²) in [6, 6.07) is 0. The molecule has 19 heavy (non-hydrogen) atoms. The zero-order chi connectivity index (χ0) is 14.0. The van der Waals surface area contributed by atoms with Gasteiger partial charge in [0.15, 0.2) is 5.78 Å². The molecule has 2 heterocycles. The number of carbonyl (C=O) groups is 1. The van der Waals surface area contributed by atoms with Gasteiger partial charge in [0, 0.05) is 30.5 Å². The number of hydrogen-bond acceptors (Lipinski definition) is 6. The van der Waals surface area contributed by atoms with Crippen LogP contribution in [0.15, 0.2) is 4.90 Å². The van der Waals surface area contributed by atoms with Gasteiger partial charge in [-0.2, -0.15) is 11.8 Å². The van der Waals surface area contributed by atoms with Crippen LogP contribution in [0.4, 0.5) is 10.7 Å². The van der Waals surface area contributed by atoms with Crippen molar-refractivity contribution >= 4 is 51.3 Å². The second-order valence-electron chi connectivity index (χ2n) is 4.80. The summed E-state index contributed by atoms with van der Waals surface area (Å²) in [5.74, 6) is 2.47. The van der Waals surface area contributed by atoms with E-state index in [4.69, 9.17) is 5.73 Å². The van der Waals surface area contributed by atoms with Gasteiger partial charge in [0.2, 0.25) is 0 Å². The van der Waals surface area contributed by atoms with E-state index in [9.17, 15) is 4.79 Å². The molecule has 1 aromatic heterocycles.